The summed E-state index contributed by atoms with van der Waals surface area (Å²) in [7, 11) is 3.90. The molecule has 2 heterocycles. The summed E-state index contributed by atoms with van der Waals surface area (Å²) >= 11 is 0. The Labute approximate surface area is 122 Å². The predicted molar refractivity (Wildman–Crippen MR) is 78.4 cm³/mol. The van der Waals surface area contributed by atoms with Crippen LogP contribution in [-0.2, 0) is 0 Å². The molecule has 0 fully saturated rings. The van der Waals surface area contributed by atoms with E-state index in [4.69, 9.17) is 0 Å². The van der Waals surface area contributed by atoms with Crippen LogP contribution in [0.1, 0.15) is 30.4 Å². The van der Waals surface area contributed by atoms with Gasteiger partial charge in [-0.15, -0.1) is 0 Å². The molecule has 0 bridgehead atoms. The number of pyridine rings is 1. The molecule has 0 saturated heterocycles. The van der Waals surface area contributed by atoms with Gasteiger partial charge in [0, 0.05) is 32.1 Å². The Morgan fingerprint density at radius 1 is 1.24 bits per heavy atom. The highest BCUT2D eigenvalue weighted by molar-refractivity contribution is 6.10. The van der Waals surface area contributed by atoms with Gasteiger partial charge in [0.15, 0.2) is 0 Å². The number of allylic oxidation sites excluding steroid dienone is 3. The van der Waals surface area contributed by atoms with Crippen molar-refractivity contribution >= 4 is 5.71 Å². The van der Waals surface area contributed by atoms with Crippen molar-refractivity contribution < 1.29 is 8.78 Å². The van der Waals surface area contributed by atoms with Crippen molar-refractivity contribution in [2.75, 3.05) is 14.1 Å². The van der Waals surface area contributed by atoms with Gasteiger partial charge >= 0.3 is 0 Å². The first-order valence-corrected chi connectivity index (χ1v) is 6.96. The highest BCUT2D eigenvalue weighted by Gasteiger charge is 2.27. The summed E-state index contributed by atoms with van der Waals surface area (Å²) in [6.45, 7) is 1.99. The second kappa shape index (κ2) is 5.06. The van der Waals surface area contributed by atoms with Crippen molar-refractivity contribution in [2.45, 2.75) is 25.3 Å². The van der Waals surface area contributed by atoms with E-state index in [9.17, 15) is 8.78 Å². The van der Waals surface area contributed by atoms with Gasteiger partial charge in [-0.3, -0.25) is 4.99 Å². The number of halogens is 2. The first kappa shape index (κ1) is 13.9. The molecule has 2 aliphatic rings. The van der Waals surface area contributed by atoms with Crippen LogP contribution in [0.5, 0.6) is 0 Å². The van der Waals surface area contributed by atoms with Crippen LogP contribution in [0.2, 0.25) is 0 Å². The van der Waals surface area contributed by atoms with Gasteiger partial charge in [0.25, 0.3) is 0 Å². The second-order valence-corrected chi connectivity index (χ2v) is 5.71. The van der Waals surface area contributed by atoms with Crippen LogP contribution in [-0.4, -0.2) is 35.7 Å². The SMILES string of the molecule is CC1CC(N(C)C)=CC(c2c(C3C=C3)cc(F)nc2F)=N1. The molecule has 110 valence electrons. The van der Waals surface area contributed by atoms with Crippen LogP contribution in [0, 0.1) is 11.9 Å². The summed E-state index contributed by atoms with van der Waals surface area (Å²) in [5.74, 6) is -1.59. The topological polar surface area (TPSA) is 28.5 Å². The molecular weight excluding hydrogens is 272 g/mol. The first-order valence-electron chi connectivity index (χ1n) is 6.96. The van der Waals surface area contributed by atoms with E-state index in [1.54, 1.807) is 0 Å². The molecular formula is C16H17F2N3. The number of hydrogen-bond acceptors (Lipinski definition) is 3. The van der Waals surface area contributed by atoms with Crippen molar-refractivity contribution in [2.24, 2.45) is 4.99 Å². The van der Waals surface area contributed by atoms with Crippen LogP contribution in [0.4, 0.5) is 8.78 Å². The van der Waals surface area contributed by atoms with Crippen molar-refractivity contribution in [3.63, 3.8) is 0 Å². The zero-order valence-electron chi connectivity index (χ0n) is 12.3. The van der Waals surface area contributed by atoms with E-state index in [1.165, 1.54) is 6.07 Å². The average Bonchev–Trinajstić information content (AvgIpc) is 3.20. The van der Waals surface area contributed by atoms with Gasteiger partial charge in [-0.1, -0.05) is 12.2 Å². The predicted octanol–water partition coefficient (Wildman–Crippen LogP) is 3.04. The van der Waals surface area contributed by atoms with Gasteiger partial charge in [0.05, 0.1) is 17.3 Å². The lowest BCUT2D eigenvalue weighted by Gasteiger charge is -2.24. The van der Waals surface area contributed by atoms with E-state index in [2.05, 4.69) is 9.98 Å². The van der Waals surface area contributed by atoms with Crippen molar-refractivity contribution in [1.29, 1.82) is 0 Å². The maximum atomic E-state index is 14.2. The summed E-state index contributed by atoms with van der Waals surface area (Å²) in [5.41, 5.74) is 2.54. The molecule has 0 amide bonds. The van der Waals surface area contributed by atoms with Gasteiger partial charge in [-0.05, 0) is 24.6 Å². The van der Waals surface area contributed by atoms with Gasteiger partial charge in [-0.2, -0.15) is 13.8 Å². The molecule has 3 nitrogen and oxygen atoms in total. The van der Waals surface area contributed by atoms with E-state index in [0.29, 0.717) is 16.8 Å². The fourth-order valence-electron chi connectivity index (χ4n) is 2.57. The molecule has 0 spiro atoms. The number of hydrogen-bond donors (Lipinski definition) is 0. The van der Waals surface area contributed by atoms with Crippen molar-refractivity contribution in [1.82, 2.24) is 9.88 Å². The van der Waals surface area contributed by atoms with E-state index in [1.807, 2.05) is 44.1 Å². The maximum Gasteiger partial charge on any atom is 0.225 e. The van der Waals surface area contributed by atoms with Gasteiger partial charge in [0.2, 0.25) is 11.9 Å². The van der Waals surface area contributed by atoms with E-state index in [0.717, 1.165) is 12.1 Å². The summed E-state index contributed by atoms with van der Waals surface area (Å²) in [6, 6.07) is 1.36. The zero-order valence-corrected chi connectivity index (χ0v) is 12.3. The number of nitrogens with zero attached hydrogens (tertiary/aromatic N) is 3. The fraction of sp³-hybridized carbons (Fsp3) is 0.375. The summed E-state index contributed by atoms with van der Waals surface area (Å²) < 4.78 is 27.6. The van der Waals surface area contributed by atoms with Gasteiger partial charge < -0.3 is 4.90 Å². The highest BCUT2D eigenvalue weighted by atomic mass is 19.1. The lowest BCUT2D eigenvalue weighted by molar-refractivity contribution is 0.468. The maximum absolute atomic E-state index is 14.2. The molecule has 1 aromatic heterocycles. The fourth-order valence-corrected chi connectivity index (χ4v) is 2.57. The molecule has 3 rings (SSSR count). The van der Waals surface area contributed by atoms with E-state index in [-0.39, 0.29) is 12.0 Å². The molecule has 0 radical (unpaired) electrons. The van der Waals surface area contributed by atoms with Crippen LogP contribution >= 0.6 is 0 Å². The largest absolute Gasteiger partial charge is 0.381 e. The highest BCUT2D eigenvalue weighted by Crippen LogP contribution is 2.34. The molecule has 0 saturated carbocycles. The first-order chi connectivity index (χ1) is 9.95. The molecule has 1 aromatic rings. The Bertz CT molecular complexity index is 668. The van der Waals surface area contributed by atoms with Crippen LogP contribution in [0.3, 0.4) is 0 Å². The van der Waals surface area contributed by atoms with Gasteiger partial charge in [-0.25, -0.2) is 0 Å². The number of dihydropyridines is 1. The van der Waals surface area contributed by atoms with Crippen molar-refractivity contribution in [3.05, 3.63) is 53.0 Å². The molecule has 5 heteroatoms. The summed E-state index contributed by atoms with van der Waals surface area (Å²) in [6.07, 6.45) is 6.48. The summed E-state index contributed by atoms with van der Waals surface area (Å²) in [5, 5.41) is 0. The van der Waals surface area contributed by atoms with Crippen LogP contribution in [0.15, 0.2) is 35.0 Å². The average molecular weight is 289 g/mol. The quantitative estimate of drug-likeness (QED) is 0.632. The molecule has 1 unspecified atom stereocenters. The minimum atomic E-state index is -0.791. The normalized spacial score (nSPS) is 21.1. The van der Waals surface area contributed by atoms with E-state index < -0.39 is 11.9 Å². The minimum absolute atomic E-state index is 0.0110. The molecule has 21 heavy (non-hydrogen) atoms. The third kappa shape index (κ3) is 2.73. The molecule has 1 aliphatic carbocycles. The van der Waals surface area contributed by atoms with E-state index >= 15 is 0 Å². The molecule has 0 aromatic carbocycles. The minimum Gasteiger partial charge on any atom is -0.381 e. The molecule has 1 atom stereocenters. The Morgan fingerprint density at radius 3 is 2.57 bits per heavy atom. The Morgan fingerprint density at radius 2 is 1.95 bits per heavy atom. The van der Waals surface area contributed by atoms with Crippen molar-refractivity contribution in [3.8, 4) is 0 Å². The number of aromatic nitrogens is 1. The zero-order chi connectivity index (χ0) is 15.1. The number of rotatable bonds is 3. The second-order valence-electron chi connectivity index (χ2n) is 5.71. The Hall–Kier alpha value is -2.04. The monoisotopic (exact) mass is 289 g/mol. The standard InChI is InChI=1S/C16H17F2N3/c1-9-6-11(21(2)3)7-13(19-9)15-12(10-4-5-10)8-14(17)20-16(15)18/h4-5,7-10H,6H2,1-3H3. The third-order valence-corrected chi connectivity index (χ3v) is 3.72. The summed E-state index contributed by atoms with van der Waals surface area (Å²) in [4.78, 5) is 9.85. The molecule has 0 N–H and O–H groups in total. The van der Waals surface area contributed by atoms with Crippen LogP contribution < -0.4 is 0 Å². The lowest BCUT2D eigenvalue weighted by atomic mass is 9.96. The molecule has 1 aliphatic heterocycles. The Balaban J connectivity index is 2.11. The number of aliphatic imine (C=N–C) groups is 1. The van der Waals surface area contributed by atoms with Gasteiger partial charge in [0.1, 0.15) is 0 Å². The smallest absolute Gasteiger partial charge is 0.225 e. The van der Waals surface area contributed by atoms with Crippen LogP contribution in [0.25, 0.3) is 0 Å². The lowest BCUT2D eigenvalue weighted by Crippen LogP contribution is -2.23. The Kier molecular flexibility index (Phi) is 3.35. The third-order valence-electron chi connectivity index (χ3n) is 3.72.